The Balaban J connectivity index is 1.91. The Morgan fingerprint density at radius 3 is 2.58 bits per heavy atom. The Kier molecular flexibility index (Phi) is 4.50. The Bertz CT molecular complexity index is 552. The van der Waals surface area contributed by atoms with Crippen LogP contribution in [0.1, 0.15) is 11.1 Å². The standard InChI is InChI=1S/C15H14FNO2/c1-18-15-5-3-2-4-13(15)10-17-19-11-12-6-8-14(16)9-7-12/h2-10H,11H2,1H3. The first-order valence-electron chi connectivity index (χ1n) is 5.82. The van der Waals surface area contributed by atoms with Gasteiger partial charge in [-0.25, -0.2) is 4.39 Å². The van der Waals surface area contributed by atoms with E-state index < -0.39 is 0 Å². The van der Waals surface area contributed by atoms with Crippen LogP contribution in [0.25, 0.3) is 0 Å². The summed E-state index contributed by atoms with van der Waals surface area (Å²) in [6, 6.07) is 13.6. The SMILES string of the molecule is COc1ccccc1C=NOCc1ccc(F)cc1. The number of benzene rings is 2. The van der Waals surface area contributed by atoms with E-state index in [0.717, 1.165) is 16.9 Å². The third-order valence-corrected chi connectivity index (χ3v) is 2.55. The highest BCUT2D eigenvalue weighted by molar-refractivity contribution is 5.82. The second kappa shape index (κ2) is 6.54. The molecule has 19 heavy (non-hydrogen) atoms. The Labute approximate surface area is 111 Å². The van der Waals surface area contributed by atoms with Gasteiger partial charge in [-0.15, -0.1) is 0 Å². The van der Waals surface area contributed by atoms with Crippen LogP contribution in [0, 0.1) is 5.82 Å². The van der Waals surface area contributed by atoms with Gasteiger partial charge in [0.25, 0.3) is 0 Å². The number of ether oxygens (including phenoxy) is 1. The first-order valence-corrected chi connectivity index (χ1v) is 5.82. The summed E-state index contributed by atoms with van der Waals surface area (Å²) in [5.41, 5.74) is 1.70. The van der Waals surface area contributed by atoms with Crippen LogP contribution in [0.2, 0.25) is 0 Å². The molecule has 0 heterocycles. The van der Waals surface area contributed by atoms with Crippen molar-refractivity contribution in [3.05, 3.63) is 65.5 Å². The average molecular weight is 259 g/mol. The first-order chi connectivity index (χ1) is 9.29. The highest BCUT2D eigenvalue weighted by atomic mass is 19.1. The molecule has 0 fully saturated rings. The van der Waals surface area contributed by atoms with Crippen molar-refractivity contribution in [1.29, 1.82) is 0 Å². The minimum atomic E-state index is -0.263. The summed E-state index contributed by atoms with van der Waals surface area (Å²) in [5, 5.41) is 3.87. The number of nitrogens with zero attached hydrogens (tertiary/aromatic N) is 1. The molecule has 0 spiro atoms. The molecule has 0 saturated heterocycles. The topological polar surface area (TPSA) is 30.8 Å². The molecule has 0 aliphatic rings. The van der Waals surface area contributed by atoms with Crippen molar-refractivity contribution < 1.29 is 14.0 Å². The van der Waals surface area contributed by atoms with E-state index in [1.54, 1.807) is 25.5 Å². The van der Waals surface area contributed by atoms with Crippen molar-refractivity contribution in [2.24, 2.45) is 5.16 Å². The summed E-state index contributed by atoms with van der Waals surface area (Å²) in [4.78, 5) is 5.15. The first kappa shape index (κ1) is 13.1. The molecule has 3 nitrogen and oxygen atoms in total. The Morgan fingerprint density at radius 1 is 1.11 bits per heavy atom. The predicted molar refractivity (Wildman–Crippen MR) is 71.8 cm³/mol. The van der Waals surface area contributed by atoms with E-state index in [-0.39, 0.29) is 5.82 Å². The van der Waals surface area contributed by atoms with Crippen molar-refractivity contribution in [3.63, 3.8) is 0 Å². The van der Waals surface area contributed by atoms with E-state index in [9.17, 15) is 4.39 Å². The number of hydrogen-bond acceptors (Lipinski definition) is 3. The van der Waals surface area contributed by atoms with Gasteiger partial charge in [0, 0.05) is 5.56 Å². The minimum absolute atomic E-state index is 0.263. The van der Waals surface area contributed by atoms with E-state index in [0.29, 0.717) is 6.61 Å². The number of para-hydroxylation sites is 1. The number of methoxy groups -OCH3 is 1. The molecule has 2 aromatic carbocycles. The molecule has 0 bridgehead atoms. The zero-order chi connectivity index (χ0) is 13.5. The largest absolute Gasteiger partial charge is 0.496 e. The molecule has 2 rings (SSSR count). The fraction of sp³-hybridized carbons (Fsp3) is 0.133. The summed E-state index contributed by atoms with van der Waals surface area (Å²) in [6.45, 7) is 0.298. The predicted octanol–water partition coefficient (Wildman–Crippen LogP) is 3.39. The second-order valence-corrected chi connectivity index (χ2v) is 3.88. The summed E-state index contributed by atoms with van der Waals surface area (Å²) < 4.78 is 17.9. The van der Waals surface area contributed by atoms with Gasteiger partial charge in [0.05, 0.1) is 13.3 Å². The van der Waals surface area contributed by atoms with Crippen LogP contribution in [0.5, 0.6) is 5.75 Å². The Morgan fingerprint density at radius 2 is 1.84 bits per heavy atom. The van der Waals surface area contributed by atoms with Gasteiger partial charge in [-0.05, 0) is 29.8 Å². The number of oxime groups is 1. The Hall–Kier alpha value is -2.36. The van der Waals surface area contributed by atoms with Crippen LogP contribution in [0.15, 0.2) is 53.7 Å². The lowest BCUT2D eigenvalue weighted by molar-refractivity contribution is 0.132. The monoisotopic (exact) mass is 259 g/mol. The number of rotatable bonds is 5. The van der Waals surface area contributed by atoms with Gasteiger partial charge in [0.2, 0.25) is 0 Å². The van der Waals surface area contributed by atoms with E-state index in [4.69, 9.17) is 9.57 Å². The molecule has 4 heteroatoms. The molecule has 0 aromatic heterocycles. The summed E-state index contributed by atoms with van der Waals surface area (Å²) >= 11 is 0. The highest BCUT2D eigenvalue weighted by Crippen LogP contribution is 2.14. The molecule has 2 aromatic rings. The molecule has 0 unspecified atom stereocenters. The van der Waals surface area contributed by atoms with Crippen LogP contribution in [-0.4, -0.2) is 13.3 Å². The third-order valence-electron chi connectivity index (χ3n) is 2.55. The van der Waals surface area contributed by atoms with E-state index in [2.05, 4.69) is 5.16 Å². The van der Waals surface area contributed by atoms with Crippen LogP contribution >= 0.6 is 0 Å². The van der Waals surface area contributed by atoms with Crippen molar-refractivity contribution >= 4 is 6.21 Å². The minimum Gasteiger partial charge on any atom is -0.496 e. The molecule has 0 radical (unpaired) electrons. The van der Waals surface area contributed by atoms with Crippen LogP contribution in [-0.2, 0) is 11.4 Å². The maximum atomic E-state index is 12.7. The molecule has 0 aliphatic heterocycles. The third kappa shape index (κ3) is 3.81. The van der Waals surface area contributed by atoms with Gasteiger partial charge in [0.15, 0.2) is 0 Å². The highest BCUT2D eigenvalue weighted by Gasteiger charge is 1.98. The van der Waals surface area contributed by atoms with Crippen LogP contribution in [0.4, 0.5) is 4.39 Å². The summed E-state index contributed by atoms with van der Waals surface area (Å²) in [5.74, 6) is 0.470. The smallest absolute Gasteiger partial charge is 0.142 e. The lowest BCUT2D eigenvalue weighted by atomic mass is 10.2. The van der Waals surface area contributed by atoms with Crippen LogP contribution < -0.4 is 4.74 Å². The molecule has 0 aliphatic carbocycles. The second-order valence-electron chi connectivity index (χ2n) is 3.88. The summed E-state index contributed by atoms with van der Waals surface area (Å²) in [7, 11) is 1.60. The lowest BCUT2D eigenvalue weighted by Gasteiger charge is -2.03. The van der Waals surface area contributed by atoms with E-state index in [1.807, 2.05) is 24.3 Å². The van der Waals surface area contributed by atoms with Gasteiger partial charge in [0.1, 0.15) is 18.2 Å². The molecule has 98 valence electrons. The van der Waals surface area contributed by atoms with E-state index in [1.165, 1.54) is 12.1 Å². The molecule has 0 atom stereocenters. The molecule has 0 saturated carbocycles. The van der Waals surface area contributed by atoms with Gasteiger partial charge in [-0.1, -0.05) is 29.4 Å². The van der Waals surface area contributed by atoms with Crippen molar-refractivity contribution in [2.45, 2.75) is 6.61 Å². The van der Waals surface area contributed by atoms with Crippen molar-refractivity contribution in [1.82, 2.24) is 0 Å². The zero-order valence-electron chi connectivity index (χ0n) is 10.5. The normalized spacial score (nSPS) is 10.6. The van der Waals surface area contributed by atoms with Gasteiger partial charge < -0.3 is 9.57 Å². The molecular weight excluding hydrogens is 245 g/mol. The van der Waals surface area contributed by atoms with E-state index >= 15 is 0 Å². The van der Waals surface area contributed by atoms with Crippen LogP contribution in [0.3, 0.4) is 0 Å². The number of halogens is 1. The molecule has 0 amide bonds. The fourth-order valence-corrected chi connectivity index (χ4v) is 1.56. The van der Waals surface area contributed by atoms with Gasteiger partial charge >= 0.3 is 0 Å². The zero-order valence-corrected chi connectivity index (χ0v) is 10.5. The number of hydrogen-bond donors (Lipinski definition) is 0. The average Bonchev–Trinajstić information content (AvgIpc) is 2.46. The maximum Gasteiger partial charge on any atom is 0.142 e. The molecular formula is C15H14FNO2. The van der Waals surface area contributed by atoms with Gasteiger partial charge in [-0.2, -0.15) is 0 Å². The van der Waals surface area contributed by atoms with Gasteiger partial charge in [-0.3, -0.25) is 0 Å². The van der Waals surface area contributed by atoms with Crippen molar-refractivity contribution in [3.8, 4) is 5.75 Å². The maximum absolute atomic E-state index is 12.7. The van der Waals surface area contributed by atoms with Crippen molar-refractivity contribution in [2.75, 3.05) is 7.11 Å². The fourth-order valence-electron chi connectivity index (χ4n) is 1.56. The quantitative estimate of drug-likeness (QED) is 0.608. The summed E-state index contributed by atoms with van der Waals surface area (Å²) in [6.07, 6.45) is 1.59. The lowest BCUT2D eigenvalue weighted by Crippen LogP contribution is -1.92. The molecule has 0 N–H and O–H groups in total.